The van der Waals surface area contributed by atoms with Crippen molar-refractivity contribution in [2.45, 2.75) is 47.1 Å². The third-order valence-electron chi connectivity index (χ3n) is 6.62. The fourth-order valence-corrected chi connectivity index (χ4v) is 5.83. The standard InChI is InChI=1S/C28H29N3OS/c1-15-9-19(5)25-23(10-15)29-27(30-25)24-11-16(2)14-31(24)28(32)22-13-20(6)33-26(22)21-8-7-17(3)18(4)12-21/h7-10,12-13,24H,2,11,14H2,1,3-6H3,(H,29,30). The molecule has 1 unspecified atom stereocenters. The third-order valence-corrected chi connectivity index (χ3v) is 7.72. The van der Waals surface area contributed by atoms with Gasteiger partial charge in [-0.1, -0.05) is 36.4 Å². The van der Waals surface area contributed by atoms with Crippen molar-refractivity contribution in [3.63, 3.8) is 0 Å². The maximum Gasteiger partial charge on any atom is 0.256 e. The summed E-state index contributed by atoms with van der Waals surface area (Å²) in [6, 6.07) is 12.6. The summed E-state index contributed by atoms with van der Waals surface area (Å²) in [5.74, 6) is 0.884. The number of hydrogen-bond donors (Lipinski definition) is 1. The predicted molar refractivity (Wildman–Crippen MR) is 137 cm³/mol. The number of amides is 1. The van der Waals surface area contributed by atoms with Crippen LogP contribution in [0.25, 0.3) is 21.5 Å². The lowest BCUT2D eigenvalue weighted by molar-refractivity contribution is 0.0734. The number of likely N-dealkylation sites (tertiary alicyclic amines) is 1. The van der Waals surface area contributed by atoms with Gasteiger partial charge in [-0.05, 0) is 81.0 Å². The second kappa shape index (κ2) is 7.99. The Balaban J connectivity index is 1.55. The smallest absolute Gasteiger partial charge is 0.256 e. The highest BCUT2D eigenvalue weighted by Gasteiger charge is 2.36. The number of nitrogens with one attached hydrogen (secondary N) is 1. The maximum atomic E-state index is 13.9. The Kier molecular flexibility index (Phi) is 5.25. The number of carbonyl (C=O) groups is 1. The topological polar surface area (TPSA) is 49.0 Å². The molecule has 1 amide bonds. The van der Waals surface area contributed by atoms with Gasteiger partial charge < -0.3 is 9.88 Å². The number of aryl methyl sites for hydroxylation is 5. The molecule has 33 heavy (non-hydrogen) atoms. The van der Waals surface area contributed by atoms with Gasteiger partial charge in [-0.25, -0.2) is 4.98 Å². The van der Waals surface area contributed by atoms with E-state index in [1.165, 1.54) is 16.7 Å². The normalized spacial score (nSPS) is 16.2. The predicted octanol–water partition coefficient (Wildman–Crippen LogP) is 6.98. The first-order valence-electron chi connectivity index (χ1n) is 11.3. The van der Waals surface area contributed by atoms with Gasteiger partial charge in [-0.2, -0.15) is 0 Å². The van der Waals surface area contributed by atoms with Crippen LogP contribution in [-0.2, 0) is 0 Å². The van der Waals surface area contributed by atoms with Crippen LogP contribution in [0.4, 0.5) is 0 Å². The Morgan fingerprint density at radius 2 is 1.85 bits per heavy atom. The number of carbonyl (C=O) groups excluding carboxylic acids is 1. The van der Waals surface area contributed by atoms with E-state index in [-0.39, 0.29) is 11.9 Å². The molecule has 2 aromatic heterocycles. The summed E-state index contributed by atoms with van der Waals surface area (Å²) in [6.45, 7) is 15.2. The van der Waals surface area contributed by atoms with Crippen LogP contribution >= 0.6 is 11.3 Å². The Morgan fingerprint density at radius 3 is 2.61 bits per heavy atom. The molecule has 5 rings (SSSR count). The highest BCUT2D eigenvalue weighted by atomic mass is 32.1. The van der Waals surface area contributed by atoms with Crippen LogP contribution in [-0.4, -0.2) is 27.3 Å². The van der Waals surface area contributed by atoms with Crippen LogP contribution in [0.2, 0.25) is 0 Å². The molecule has 0 bridgehead atoms. The summed E-state index contributed by atoms with van der Waals surface area (Å²) in [5, 5.41) is 0. The summed E-state index contributed by atoms with van der Waals surface area (Å²) < 4.78 is 0. The number of H-pyrrole nitrogens is 1. The zero-order valence-corrected chi connectivity index (χ0v) is 20.7. The van der Waals surface area contributed by atoms with Crippen molar-refractivity contribution < 1.29 is 4.79 Å². The van der Waals surface area contributed by atoms with E-state index in [1.54, 1.807) is 11.3 Å². The molecule has 168 valence electrons. The van der Waals surface area contributed by atoms with Crippen molar-refractivity contribution in [3.05, 3.63) is 87.1 Å². The quantitative estimate of drug-likeness (QED) is 0.339. The lowest BCUT2D eigenvalue weighted by Gasteiger charge is -2.23. The van der Waals surface area contributed by atoms with Gasteiger partial charge in [0.1, 0.15) is 5.82 Å². The van der Waals surface area contributed by atoms with E-state index in [4.69, 9.17) is 4.98 Å². The zero-order valence-electron chi connectivity index (χ0n) is 19.9. The number of thiophene rings is 1. The minimum absolute atomic E-state index is 0.0459. The van der Waals surface area contributed by atoms with E-state index >= 15 is 0 Å². The Labute approximate surface area is 199 Å². The number of hydrogen-bond acceptors (Lipinski definition) is 3. The average Bonchev–Trinajstić information content (AvgIpc) is 3.45. The van der Waals surface area contributed by atoms with Crippen molar-refractivity contribution >= 4 is 28.3 Å². The number of nitrogens with zero attached hydrogens (tertiary/aromatic N) is 2. The Morgan fingerprint density at radius 1 is 1.06 bits per heavy atom. The van der Waals surface area contributed by atoms with Crippen molar-refractivity contribution in [3.8, 4) is 10.4 Å². The van der Waals surface area contributed by atoms with Crippen molar-refractivity contribution in [2.75, 3.05) is 6.54 Å². The molecule has 1 atom stereocenters. The fraction of sp³-hybridized carbons (Fsp3) is 0.286. The van der Waals surface area contributed by atoms with E-state index in [2.05, 4.69) is 76.5 Å². The van der Waals surface area contributed by atoms with Gasteiger partial charge >= 0.3 is 0 Å². The molecular formula is C28H29N3OS. The van der Waals surface area contributed by atoms with Crippen LogP contribution in [0, 0.1) is 34.6 Å². The third kappa shape index (κ3) is 3.80. The maximum absolute atomic E-state index is 13.9. The minimum atomic E-state index is -0.134. The van der Waals surface area contributed by atoms with Gasteiger partial charge in [0.05, 0.1) is 22.6 Å². The van der Waals surface area contributed by atoms with Gasteiger partial charge in [-0.3, -0.25) is 4.79 Å². The summed E-state index contributed by atoms with van der Waals surface area (Å²) in [7, 11) is 0. The average molecular weight is 456 g/mol. The summed E-state index contributed by atoms with van der Waals surface area (Å²) >= 11 is 1.68. The van der Waals surface area contributed by atoms with Gasteiger partial charge in [-0.15, -0.1) is 11.3 Å². The highest BCUT2D eigenvalue weighted by Crippen LogP contribution is 2.39. The Hall–Kier alpha value is -3.18. The molecule has 0 saturated carbocycles. The second-order valence-corrected chi connectivity index (χ2v) is 10.7. The van der Waals surface area contributed by atoms with E-state index in [1.807, 2.05) is 11.0 Å². The molecule has 1 N–H and O–H groups in total. The van der Waals surface area contributed by atoms with Crippen LogP contribution in [0.15, 0.2) is 48.6 Å². The molecule has 4 aromatic rings. The number of imidazole rings is 1. The van der Waals surface area contributed by atoms with Crippen LogP contribution < -0.4 is 0 Å². The lowest BCUT2D eigenvalue weighted by Crippen LogP contribution is -2.31. The first-order valence-corrected chi connectivity index (χ1v) is 12.2. The first-order chi connectivity index (χ1) is 15.7. The van der Waals surface area contributed by atoms with Gasteiger partial charge in [0, 0.05) is 16.3 Å². The number of fused-ring (bicyclic) bond motifs is 1. The molecule has 4 nitrogen and oxygen atoms in total. The SMILES string of the molecule is C=C1CC(c2nc3c(C)cc(C)cc3[nH]2)N(C(=O)c2cc(C)sc2-c2ccc(C)c(C)c2)C1. The fourth-order valence-electron chi connectivity index (χ4n) is 4.83. The van der Waals surface area contributed by atoms with E-state index in [0.717, 1.165) is 55.3 Å². The lowest BCUT2D eigenvalue weighted by atomic mass is 10.0. The van der Waals surface area contributed by atoms with Crippen molar-refractivity contribution in [1.82, 2.24) is 14.9 Å². The second-order valence-electron chi connectivity index (χ2n) is 9.40. The summed E-state index contributed by atoms with van der Waals surface area (Å²) in [6.07, 6.45) is 0.728. The van der Waals surface area contributed by atoms with Gasteiger partial charge in [0.25, 0.3) is 5.91 Å². The van der Waals surface area contributed by atoms with Crippen LogP contribution in [0.3, 0.4) is 0 Å². The molecule has 0 spiro atoms. The molecule has 1 saturated heterocycles. The van der Waals surface area contributed by atoms with Crippen LogP contribution in [0.1, 0.15) is 55.8 Å². The molecule has 1 aliphatic rings. The van der Waals surface area contributed by atoms with E-state index < -0.39 is 0 Å². The van der Waals surface area contributed by atoms with Crippen LogP contribution in [0.5, 0.6) is 0 Å². The largest absolute Gasteiger partial charge is 0.340 e. The molecule has 1 aliphatic heterocycles. The van der Waals surface area contributed by atoms with E-state index in [9.17, 15) is 4.79 Å². The molecular weight excluding hydrogens is 426 g/mol. The number of rotatable bonds is 3. The molecule has 2 aromatic carbocycles. The van der Waals surface area contributed by atoms with Gasteiger partial charge in [0.15, 0.2) is 0 Å². The molecule has 1 fully saturated rings. The number of aromatic nitrogens is 2. The molecule has 0 aliphatic carbocycles. The minimum Gasteiger partial charge on any atom is -0.340 e. The number of aromatic amines is 1. The molecule has 3 heterocycles. The first kappa shape index (κ1) is 21.7. The highest BCUT2D eigenvalue weighted by molar-refractivity contribution is 7.15. The van der Waals surface area contributed by atoms with E-state index in [0.29, 0.717) is 6.54 Å². The summed E-state index contributed by atoms with van der Waals surface area (Å²) in [4.78, 5) is 26.4. The monoisotopic (exact) mass is 455 g/mol. The number of benzene rings is 2. The Bertz CT molecular complexity index is 1420. The molecule has 0 radical (unpaired) electrons. The van der Waals surface area contributed by atoms with Gasteiger partial charge in [0.2, 0.25) is 0 Å². The molecule has 5 heteroatoms. The summed E-state index contributed by atoms with van der Waals surface area (Å²) in [5.41, 5.74) is 9.76. The van der Waals surface area contributed by atoms with Crippen molar-refractivity contribution in [2.24, 2.45) is 0 Å². The van der Waals surface area contributed by atoms with Crippen molar-refractivity contribution in [1.29, 1.82) is 0 Å². The zero-order chi connectivity index (χ0) is 23.4.